The molecule has 2 aromatic rings. The van der Waals surface area contributed by atoms with Crippen LogP contribution >= 0.6 is 0 Å². The lowest BCUT2D eigenvalue weighted by atomic mass is 10.0. The number of aromatic nitrogens is 3. The Kier molecular flexibility index (Phi) is 5.14. The molecule has 0 saturated carbocycles. The summed E-state index contributed by atoms with van der Waals surface area (Å²) in [5.41, 5.74) is 2.21. The first kappa shape index (κ1) is 16.9. The van der Waals surface area contributed by atoms with Gasteiger partial charge in [-0.05, 0) is 19.3 Å². The van der Waals surface area contributed by atoms with Gasteiger partial charge in [-0.15, -0.1) is 0 Å². The highest BCUT2D eigenvalue weighted by Gasteiger charge is 2.26. The van der Waals surface area contributed by atoms with Crippen molar-refractivity contribution < 1.29 is 9.53 Å². The Balaban J connectivity index is 1.68. The summed E-state index contributed by atoms with van der Waals surface area (Å²) in [6.07, 6.45) is 6.86. The maximum absolute atomic E-state index is 12.9. The van der Waals surface area contributed by atoms with E-state index < -0.39 is 0 Å². The van der Waals surface area contributed by atoms with E-state index in [9.17, 15) is 4.79 Å². The van der Waals surface area contributed by atoms with E-state index >= 15 is 0 Å². The van der Waals surface area contributed by atoms with Crippen LogP contribution in [0.25, 0.3) is 5.65 Å². The first-order valence-electron chi connectivity index (χ1n) is 8.76. The Morgan fingerprint density at radius 1 is 1.46 bits per heavy atom. The summed E-state index contributed by atoms with van der Waals surface area (Å²) in [7, 11) is 0. The monoisotopic (exact) mass is 330 g/mol. The molecule has 0 aromatic carbocycles. The first-order chi connectivity index (χ1) is 11.6. The molecule has 0 aliphatic carbocycles. The fourth-order valence-corrected chi connectivity index (χ4v) is 3.20. The molecule has 0 N–H and O–H groups in total. The van der Waals surface area contributed by atoms with Gasteiger partial charge in [-0.2, -0.15) is 5.10 Å². The van der Waals surface area contributed by atoms with Gasteiger partial charge in [-0.25, -0.2) is 9.50 Å². The highest BCUT2D eigenvalue weighted by Crippen LogP contribution is 2.18. The van der Waals surface area contributed by atoms with Crippen LogP contribution in [0.5, 0.6) is 0 Å². The zero-order valence-corrected chi connectivity index (χ0v) is 14.7. The number of rotatable bonds is 5. The van der Waals surface area contributed by atoms with Gasteiger partial charge in [0.2, 0.25) is 0 Å². The Hall–Kier alpha value is -1.95. The number of morpholine rings is 1. The molecule has 1 saturated heterocycles. The number of carbonyl (C=O) groups excluding carboxylic acids is 1. The normalized spacial score (nSPS) is 18.5. The van der Waals surface area contributed by atoms with E-state index in [2.05, 4.69) is 23.9 Å². The SMILES string of the molecule is Cc1c(C(=O)N2CCOC(CCCC(C)C)C2)cnc2ccnn12. The number of carbonyl (C=O) groups is 1. The van der Waals surface area contributed by atoms with Gasteiger partial charge in [0.25, 0.3) is 5.91 Å². The highest BCUT2D eigenvalue weighted by molar-refractivity contribution is 5.95. The van der Waals surface area contributed by atoms with Crippen LogP contribution in [0, 0.1) is 12.8 Å². The van der Waals surface area contributed by atoms with Crippen LogP contribution in [0.3, 0.4) is 0 Å². The van der Waals surface area contributed by atoms with E-state index in [-0.39, 0.29) is 12.0 Å². The van der Waals surface area contributed by atoms with Crippen molar-refractivity contribution in [2.24, 2.45) is 5.92 Å². The van der Waals surface area contributed by atoms with E-state index in [1.54, 1.807) is 16.9 Å². The minimum Gasteiger partial charge on any atom is -0.375 e. The molecule has 1 unspecified atom stereocenters. The molecule has 0 bridgehead atoms. The summed E-state index contributed by atoms with van der Waals surface area (Å²) in [6, 6.07) is 1.83. The van der Waals surface area contributed by atoms with Crippen LogP contribution in [-0.4, -0.2) is 51.2 Å². The van der Waals surface area contributed by atoms with E-state index in [0.29, 0.717) is 31.2 Å². The van der Waals surface area contributed by atoms with E-state index in [4.69, 9.17) is 4.74 Å². The van der Waals surface area contributed by atoms with Crippen LogP contribution in [0.1, 0.15) is 49.2 Å². The summed E-state index contributed by atoms with van der Waals surface area (Å²) in [4.78, 5) is 19.1. The number of amides is 1. The smallest absolute Gasteiger partial charge is 0.257 e. The van der Waals surface area contributed by atoms with Gasteiger partial charge in [-0.3, -0.25) is 4.79 Å². The molecule has 1 atom stereocenters. The van der Waals surface area contributed by atoms with Gasteiger partial charge in [0.15, 0.2) is 5.65 Å². The summed E-state index contributed by atoms with van der Waals surface area (Å²) in [5, 5.41) is 4.24. The maximum atomic E-state index is 12.9. The van der Waals surface area contributed by atoms with Crippen molar-refractivity contribution in [1.82, 2.24) is 19.5 Å². The summed E-state index contributed by atoms with van der Waals surface area (Å²) >= 11 is 0. The molecule has 6 heteroatoms. The topological polar surface area (TPSA) is 59.7 Å². The number of fused-ring (bicyclic) bond motifs is 1. The van der Waals surface area contributed by atoms with Gasteiger partial charge >= 0.3 is 0 Å². The third kappa shape index (κ3) is 3.59. The Morgan fingerprint density at radius 3 is 3.08 bits per heavy atom. The quantitative estimate of drug-likeness (QED) is 0.846. The molecule has 0 spiro atoms. The molecule has 3 heterocycles. The minimum atomic E-state index is 0.0227. The second-order valence-corrected chi connectivity index (χ2v) is 6.93. The van der Waals surface area contributed by atoms with Crippen molar-refractivity contribution in [3.8, 4) is 0 Å². The number of nitrogens with zero attached hydrogens (tertiary/aromatic N) is 4. The predicted octanol–water partition coefficient (Wildman–Crippen LogP) is 2.71. The summed E-state index contributed by atoms with van der Waals surface area (Å²) < 4.78 is 7.55. The molecule has 0 radical (unpaired) electrons. The van der Waals surface area contributed by atoms with Gasteiger partial charge in [-0.1, -0.05) is 26.7 Å². The summed E-state index contributed by atoms with van der Waals surface area (Å²) in [5.74, 6) is 0.732. The zero-order chi connectivity index (χ0) is 17.1. The average molecular weight is 330 g/mol. The van der Waals surface area contributed by atoms with E-state index in [1.165, 1.54) is 6.42 Å². The van der Waals surface area contributed by atoms with Crippen molar-refractivity contribution in [1.29, 1.82) is 0 Å². The van der Waals surface area contributed by atoms with Crippen LogP contribution in [0.2, 0.25) is 0 Å². The fourth-order valence-electron chi connectivity index (χ4n) is 3.20. The van der Waals surface area contributed by atoms with E-state index in [0.717, 1.165) is 24.2 Å². The van der Waals surface area contributed by atoms with Gasteiger partial charge < -0.3 is 9.64 Å². The molecule has 1 aliphatic rings. The molecule has 1 aliphatic heterocycles. The van der Waals surface area contributed by atoms with Crippen molar-refractivity contribution in [2.45, 2.75) is 46.1 Å². The van der Waals surface area contributed by atoms with Crippen molar-refractivity contribution in [2.75, 3.05) is 19.7 Å². The van der Waals surface area contributed by atoms with Gasteiger partial charge in [0, 0.05) is 25.4 Å². The number of aryl methyl sites for hydroxylation is 1. The standard InChI is InChI=1S/C18H26N4O2/c1-13(2)5-4-6-15-12-21(9-10-24-15)18(23)16-11-19-17-7-8-20-22(17)14(16)3/h7-8,11,13,15H,4-6,9-10,12H2,1-3H3. The maximum Gasteiger partial charge on any atom is 0.257 e. The van der Waals surface area contributed by atoms with Crippen LogP contribution in [-0.2, 0) is 4.74 Å². The van der Waals surface area contributed by atoms with Crippen LogP contribution in [0.15, 0.2) is 18.5 Å². The number of hydrogen-bond donors (Lipinski definition) is 0. The van der Waals surface area contributed by atoms with Crippen LogP contribution < -0.4 is 0 Å². The second kappa shape index (κ2) is 7.30. The Bertz CT molecular complexity index is 710. The second-order valence-electron chi connectivity index (χ2n) is 6.93. The van der Waals surface area contributed by atoms with Crippen molar-refractivity contribution >= 4 is 11.6 Å². The Morgan fingerprint density at radius 2 is 2.29 bits per heavy atom. The van der Waals surface area contributed by atoms with Gasteiger partial charge in [0.1, 0.15) is 0 Å². The molecular weight excluding hydrogens is 304 g/mol. The minimum absolute atomic E-state index is 0.0227. The molecule has 6 nitrogen and oxygen atoms in total. The zero-order valence-electron chi connectivity index (χ0n) is 14.7. The third-order valence-corrected chi connectivity index (χ3v) is 4.62. The van der Waals surface area contributed by atoms with Crippen LogP contribution in [0.4, 0.5) is 0 Å². The fraction of sp³-hybridized carbons (Fsp3) is 0.611. The largest absolute Gasteiger partial charge is 0.375 e. The molecule has 3 rings (SSSR count). The van der Waals surface area contributed by atoms with Gasteiger partial charge in [0.05, 0.1) is 30.2 Å². The average Bonchev–Trinajstić information content (AvgIpc) is 3.04. The van der Waals surface area contributed by atoms with Crippen molar-refractivity contribution in [3.63, 3.8) is 0 Å². The van der Waals surface area contributed by atoms with Crippen molar-refractivity contribution in [3.05, 3.63) is 29.7 Å². The molecule has 130 valence electrons. The number of hydrogen-bond acceptors (Lipinski definition) is 4. The lowest BCUT2D eigenvalue weighted by Gasteiger charge is -2.33. The highest BCUT2D eigenvalue weighted by atomic mass is 16.5. The first-order valence-corrected chi connectivity index (χ1v) is 8.76. The lowest BCUT2D eigenvalue weighted by molar-refractivity contribution is -0.0260. The molecule has 24 heavy (non-hydrogen) atoms. The molecule has 2 aromatic heterocycles. The number of ether oxygens (including phenoxy) is 1. The lowest BCUT2D eigenvalue weighted by Crippen LogP contribution is -2.46. The molecular formula is C18H26N4O2. The molecule has 1 fully saturated rings. The Labute approximate surface area is 142 Å². The predicted molar refractivity (Wildman–Crippen MR) is 92.1 cm³/mol. The summed E-state index contributed by atoms with van der Waals surface area (Å²) in [6.45, 7) is 8.28. The van der Waals surface area contributed by atoms with E-state index in [1.807, 2.05) is 17.9 Å². The third-order valence-electron chi connectivity index (χ3n) is 4.62. The molecule has 1 amide bonds.